The lowest BCUT2D eigenvalue weighted by molar-refractivity contribution is 0.828. The Morgan fingerprint density at radius 2 is 1.74 bits per heavy atom. The molecule has 0 saturated carbocycles. The summed E-state index contributed by atoms with van der Waals surface area (Å²) in [6.45, 7) is 3.85. The van der Waals surface area contributed by atoms with Gasteiger partial charge in [0.25, 0.3) is 0 Å². The highest BCUT2D eigenvalue weighted by Crippen LogP contribution is 2.21. The van der Waals surface area contributed by atoms with Gasteiger partial charge in [0.2, 0.25) is 0 Å². The summed E-state index contributed by atoms with van der Waals surface area (Å²) in [5.74, 6) is 1.55. The number of hydrogen-bond acceptors (Lipinski definition) is 3. The van der Waals surface area contributed by atoms with Crippen LogP contribution in [0.2, 0.25) is 0 Å². The van der Waals surface area contributed by atoms with Crippen molar-refractivity contribution in [3.05, 3.63) is 60.2 Å². The Kier molecular flexibility index (Phi) is 2.83. The van der Waals surface area contributed by atoms with Crippen LogP contribution in [-0.4, -0.2) is 19.7 Å². The minimum absolute atomic E-state index is 0.754. The number of benzene rings is 1. The van der Waals surface area contributed by atoms with E-state index in [4.69, 9.17) is 0 Å². The van der Waals surface area contributed by atoms with Crippen LogP contribution in [0, 0.1) is 13.8 Å². The second-order valence-corrected chi connectivity index (χ2v) is 4.41. The van der Waals surface area contributed by atoms with Gasteiger partial charge in [0, 0.05) is 17.3 Å². The van der Waals surface area contributed by atoms with Gasteiger partial charge in [-0.1, -0.05) is 30.3 Å². The summed E-state index contributed by atoms with van der Waals surface area (Å²) in [4.78, 5) is 8.75. The van der Waals surface area contributed by atoms with Gasteiger partial charge >= 0.3 is 0 Å². The maximum Gasteiger partial charge on any atom is 0.157 e. The molecule has 2 aromatic heterocycles. The lowest BCUT2D eigenvalue weighted by atomic mass is 10.1. The largest absolute Gasteiger partial charge is 0.238 e. The van der Waals surface area contributed by atoms with Crippen molar-refractivity contribution in [1.29, 1.82) is 0 Å². The Balaban J connectivity index is 2.15. The number of nitrogens with zero attached hydrogens (tertiary/aromatic N) is 4. The number of aryl methyl sites for hydroxylation is 2. The fourth-order valence-corrected chi connectivity index (χ4v) is 2.12. The standard InChI is InChI=1S/C15H14N4/c1-11-10-15(18-12(2)17-11)19-14(8-9-16-19)13-6-4-3-5-7-13/h3-10H,1-2H3. The molecule has 0 aliphatic rings. The zero-order valence-corrected chi connectivity index (χ0v) is 10.9. The molecular formula is C15H14N4. The van der Waals surface area contributed by atoms with Crippen LogP contribution >= 0.6 is 0 Å². The summed E-state index contributed by atoms with van der Waals surface area (Å²) in [7, 11) is 0. The van der Waals surface area contributed by atoms with Gasteiger partial charge in [-0.3, -0.25) is 0 Å². The summed E-state index contributed by atoms with van der Waals surface area (Å²) in [5.41, 5.74) is 3.09. The molecule has 0 radical (unpaired) electrons. The highest BCUT2D eigenvalue weighted by molar-refractivity contribution is 5.61. The molecule has 0 aliphatic heterocycles. The molecule has 0 amide bonds. The van der Waals surface area contributed by atoms with Crippen molar-refractivity contribution in [2.75, 3.05) is 0 Å². The first-order chi connectivity index (χ1) is 9.24. The molecule has 1 aromatic carbocycles. The first-order valence-corrected chi connectivity index (χ1v) is 6.16. The zero-order chi connectivity index (χ0) is 13.2. The normalized spacial score (nSPS) is 10.6. The molecular weight excluding hydrogens is 236 g/mol. The van der Waals surface area contributed by atoms with Gasteiger partial charge in [-0.05, 0) is 19.9 Å². The van der Waals surface area contributed by atoms with E-state index in [9.17, 15) is 0 Å². The third-order valence-corrected chi connectivity index (χ3v) is 2.88. The van der Waals surface area contributed by atoms with Crippen LogP contribution in [-0.2, 0) is 0 Å². The van der Waals surface area contributed by atoms with Crippen LogP contribution in [0.5, 0.6) is 0 Å². The molecule has 3 rings (SSSR count). The van der Waals surface area contributed by atoms with E-state index in [2.05, 4.69) is 27.2 Å². The van der Waals surface area contributed by atoms with Crippen LogP contribution in [0.25, 0.3) is 17.1 Å². The average Bonchev–Trinajstić information content (AvgIpc) is 2.88. The topological polar surface area (TPSA) is 43.6 Å². The molecule has 19 heavy (non-hydrogen) atoms. The predicted molar refractivity (Wildman–Crippen MR) is 74.1 cm³/mol. The van der Waals surface area contributed by atoms with Crippen molar-refractivity contribution in [2.45, 2.75) is 13.8 Å². The predicted octanol–water partition coefficient (Wildman–Crippen LogP) is 2.95. The Morgan fingerprint density at radius 1 is 0.947 bits per heavy atom. The van der Waals surface area contributed by atoms with E-state index in [-0.39, 0.29) is 0 Å². The lowest BCUT2D eigenvalue weighted by Gasteiger charge is -2.08. The highest BCUT2D eigenvalue weighted by atomic mass is 15.3. The SMILES string of the molecule is Cc1cc(-n2nccc2-c2ccccc2)nc(C)n1. The first kappa shape index (κ1) is 11.6. The molecule has 3 aromatic rings. The molecule has 0 N–H and O–H groups in total. The van der Waals surface area contributed by atoms with Crippen molar-refractivity contribution < 1.29 is 0 Å². The highest BCUT2D eigenvalue weighted by Gasteiger charge is 2.09. The summed E-state index contributed by atoms with van der Waals surface area (Å²) in [6.07, 6.45) is 1.79. The third kappa shape index (κ3) is 2.25. The monoisotopic (exact) mass is 250 g/mol. The van der Waals surface area contributed by atoms with E-state index in [0.29, 0.717) is 0 Å². The Morgan fingerprint density at radius 3 is 2.47 bits per heavy atom. The Bertz CT molecular complexity index is 681. The Hall–Kier alpha value is -2.49. The molecule has 0 aliphatic carbocycles. The molecule has 0 bridgehead atoms. The molecule has 0 spiro atoms. The van der Waals surface area contributed by atoms with E-state index >= 15 is 0 Å². The van der Waals surface area contributed by atoms with Gasteiger partial charge in [-0.2, -0.15) is 5.10 Å². The van der Waals surface area contributed by atoms with E-state index in [0.717, 1.165) is 28.6 Å². The van der Waals surface area contributed by atoms with Crippen LogP contribution < -0.4 is 0 Å². The maximum atomic E-state index is 4.45. The number of hydrogen-bond donors (Lipinski definition) is 0. The molecule has 0 fully saturated rings. The van der Waals surface area contributed by atoms with Crippen LogP contribution in [0.1, 0.15) is 11.5 Å². The van der Waals surface area contributed by atoms with Crippen molar-refractivity contribution in [1.82, 2.24) is 19.7 Å². The van der Waals surface area contributed by atoms with Crippen molar-refractivity contribution >= 4 is 0 Å². The molecule has 0 unspecified atom stereocenters. The van der Waals surface area contributed by atoms with Crippen molar-refractivity contribution in [3.8, 4) is 17.1 Å². The molecule has 4 nitrogen and oxygen atoms in total. The van der Waals surface area contributed by atoms with E-state index < -0.39 is 0 Å². The second-order valence-electron chi connectivity index (χ2n) is 4.41. The van der Waals surface area contributed by atoms with Gasteiger partial charge in [-0.15, -0.1) is 0 Å². The van der Waals surface area contributed by atoms with Crippen molar-refractivity contribution in [2.24, 2.45) is 0 Å². The van der Waals surface area contributed by atoms with Crippen LogP contribution in [0.4, 0.5) is 0 Å². The first-order valence-electron chi connectivity index (χ1n) is 6.16. The van der Waals surface area contributed by atoms with Gasteiger partial charge in [0.15, 0.2) is 5.82 Å². The fraction of sp³-hybridized carbons (Fsp3) is 0.133. The minimum atomic E-state index is 0.754. The number of rotatable bonds is 2. The van der Waals surface area contributed by atoms with E-state index in [1.54, 1.807) is 6.20 Å². The van der Waals surface area contributed by atoms with Gasteiger partial charge in [0.1, 0.15) is 5.82 Å². The maximum absolute atomic E-state index is 4.45. The zero-order valence-electron chi connectivity index (χ0n) is 10.9. The van der Waals surface area contributed by atoms with Gasteiger partial charge < -0.3 is 0 Å². The average molecular weight is 250 g/mol. The Labute approximate surface area is 111 Å². The minimum Gasteiger partial charge on any atom is -0.238 e. The summed E-state index contributed by atoms with van der Waals surface area (Å²) in [6, 6.07) is 14.1. The summed E-state index contributed by atoms with van der Waals surface area (Å²) in [5, 5.41) is 4.37. The van der Waals surface area contributed by atoms with Crippen LogP contribution in [0.3, 0.4) is 0 Å². The molecule has 0 atom stereocenters. The smallest absolute Gasteiger partial charge is 0.157 e. The third-order valence-electron chi connectivity index (χ3n) is 2.88. The number of aromatic nitrogens is 4. The molecule has 2 heterocycles. The van der Waals surface area contributed by atoms with Crippen LogP contribution in [0.15, 0.2) is 48.7 Å². The van der Waals surface area contributed by atoms with Gasteiger partial charge in [-0.25, -0.2) is 14.6 Å². The summed E-state index contributed by atoms with van der Waals surface area (Å²) < 4.78 is 1.84. The van der Waals surface area contributed by atoms with Crippen molar-refractivity contribution in [3.63, 3.8) is 0 Å². The fourth-order valence-electron chi connectivity index (χ4n) is 2.12. The lowest BCUT2D eigenvalue weighted by Crippen LogP contribution is -2.04. The van der Waals surface area contributed by atoms with E-state index in [1.165, 1.54) is 0 Å². The summed E-state index contributed by atoms with van der Waals surface area (Å²) >= 11 is 0. The molecule has 4 heteroatoms. The second kappa shape index (κ2) is 4.65. The quantitative estimate of drug-likeness (QED) is 0.702. The van der Waals surface area contributed by atoms with E-state index in [1.807, 2.05) is 48.9 Å². The molecule has 94 valence electrons. The molecule has 0 saturated heterocycles. The van der Waals surface area contributed by atoms with Gasteiger partial charge in [0.05, 0.1) is 11.9 Å².